The third-order valence-electron chi connectivity index (χ3n) is 3.25. The number of benzene rings is 1. The number of fused-ring (bicyclic) bond motifs is 1. The van der Waals surface area contributed by atoms with Gasteiger partial charge in [0.2, 0.25) is 0 Å². The van der Waals surface area contributed by atoms with E-state index in [9.17, 15) is 9.59 Å². The molecule has 2 N–H and O–H groups in total. The maximum Gasteiger partial charge on any atom is 0.308 e. The van der Waals surface area contributed by atoms with E-state index in [1.165, 1.54) is 6.92 Å². The molecule has 0 saturated heterocycles. The van der Waals surface area contributed by atoms with Crippen LogP contribution in [0.4, 0.5) is 0 Å². The van der Waals surface area contributed by atoms with Crippen LogP contribution in [0, 0.1) is 5.92 Å². The molecular weight excluding hydrogens is 280 g/mol. The zero-order valence-electron chi connectivity index (χ0n) is 11.2. The van der Waals surface area contributed by atoms with E-state index in [0.717, 1.165) is 10.9 Å². The zero-order chi connectivity index (χ0) is 14.9. The molecule has 1 aromatic carbocycles. The molecule has 2 aromatic rings. The number of nitrogens with zero attached hydrogens (tertiary/aromatic N) is 1. The number of carboxylic acid groups (broad SMARTS) is 1. The number of carbonyl (C=O) groups excluding carboxylic acids is 1. The summed E-state index contributed by atoms with van der Waals surface area (Å²) in [6, 6.07) is 7.43. The van der Waals surface area contributed by atoms with E-state index in [4.69, 9.17) is 16.7 Å². The highest BCUT2D eigenvalue weighted by Crippen LogP contribution is 2.29. The van der Waals surface area contributed by atoms with Gasteiger partial charge < -0.3 is 15.0 Å². The molecule has 0 aliphatic heterocycles. The van der Waals surface area contributed by atoms with Crippen molar-refractivity contribution in [2.75, 3.05) is 6.54 Å². The summed E-state index contributed by atoms with van der Waals surface area (Å²) < 4.78 is 1.71. The molecule has 0 bridgehead atoms. The predicted molar refractivity (Wildman–Crippen MR) is 77.1 cm³/mol. The Morgan fingerprint density at radius 2 is 2.05 bits per heavy atom. The molecule has 0 aliphatic carbocycles. The highest BCUT2D eigenvalue weighted by Gasteiger charge is 2.20. The molecule has 0 fully saturated rings. The minimum absolute atomic E-state index is 0.0615. The highest BCUT2D eigenvalue weighted by atomic mass is 35.5. The number of amides is 1. The van der Waals surface area contributed by atoms with Gasteiger partial charge in [0.15, 0.2) is 0 Å². The Balaban J connectivity index is 2.29. The third kappa shape index (κ3) is 2.49. The first-order chi connectivity index (χ1) is 9.43. The minimum atomic E-state index is -0.951. The minimum Gasteiger partial charge on any atom is -0.481 e. The average Bonchev–Trinajstić information content (AvgIpc) is 2.68. The number of rotatable bonds is 4. The normalized spacial score (nSPS) is 12.3. The van der Waals surface area contributed by atoms with Crippen LogP contribution in [0.3, 0.4) is 0 Å². The Bertz CT molecular complexity index is 639. The molecule has 0 radical (unpaired) electrons. The first-order valence-electron chi connectivity index (χ1n) is 6.17. The van der Waals surface area contributed by atoms with E-state index in [-0.39, 0.29) is 12.5 Å². The van der Waals surface area contributed by atoms with Crippen molar-refractivity contribution >= 4 is 34.4 Å². The summed E-state index contributed by atoms with van der Waals surface area (Å²) in [6.45, 7) is 1.59. The van der Waals surface area contributed by atoms with Crippen molar-refractivity contribution in [1.29, 1.82) is 0 Å². The van der Waals surface area contributed by atoms with Crippen molar-refractivity contribution in [3.63, 3.8) is 0 Å². The van der Waals surface area contributed by atoms with Crippen LogP contribution in [-0.2, 0) is 11.8 Å². The van der Waals surface area contributed by atoms with Crippen LogP contribution in [0.15, 0.2) is 24.3 Å². The smallest absolute Gasteiger partial charge is 0.308 e. The lowest BCUT2D eigenvalue weighted by Gasteiger charge is -2.09. The summed E-state index contributed by atoms with van der Waals surface area (Å²) in [5, 5.41) is 12.6. The molecule has 106 valence electrons. The second-order valence-electron chi connectivity index (χ2n) is 4.69. The Hall–Kier alpha value is -2.01. The third-order valence-corrected chi connectivity index (χ3v) is 3.63. The van der Waals surface area contributed by atoms with Crippen molar-refractivity contribution in [2.45, 2.75) is 6.92 Å². The molecule has 0 aliphatic rings. The second kappa shape index (κ2) is 5.54. The monoisotopic (exact) mass is 294 g/mol. The Morgan fingerprint density at radius 3 is 2.65 bits per heavy atom. The summed E-state index contributed by atoms with van der Waals surface area (Å²) >= 11 is 6.24. The van der Waals surface area contributed by atoms with Crippen LogP contribution in [-0.4, -0.2) is 28.1 Å². The second-order valence-corrected chi connectivity index (χ2v) is 5.07. The average molecular weight is 295 g/mol. The van der Waals surface area contributed by atoms with Gasteiger partial charge in [0, 0.05) is 24.5 Å². The van der Waals surface area contributed by atoms with Gasteiger partial charge in [0.25, 0.3) is 5.91 Å². The van der Waals surface area contributed by atoms with Gasteiger partial charge in [-0.2, -0.15) is 0 Å². The van der Waals surface area contributed by atoms with Crippen LogP contribution in [0.1, 0.15) is 17.4 Å². The zero-order valence-corrected chi connectivity index (χ0v) is 11.9. The maximum absolute atomic E-state index is 12.2. The van der Waals surface area contributed by atoms with Crippen LogP contribution < -0.4 is 5.32 Å². The van der Waals surface area contributed by atoms with Crippen LogP contribution in [0.2, 0.25) is 5.02 Å². The molecule has 6 heteroatoms. The molecule has 1 unspecified atom stereocenters. The van der Waals surface area contributed by atoms with E-state index in [1.54, 1.807) is 11.6 Å². The number of nitrogens with one attached hydrogen (secondary N) is 1. The number of carbonyl (C=O) groups is 2. The quantitative estimate of drug-likeness (QED) is 0.909. The van der Waals surface area contributed by atoms with Crippen molar-refractivity contribution < 1.29 is 14.7 Å². The highest BCUT2D eigenvalue weighted by molar-refractivity contribution is 6.38. The first-order valence-corrected chi connectivity index (χ1v) is 6.55. The van der Waals surface area contributed by atoms with Gasteiger partial charge in [-0.15, -0.1) is 0 Å². The molecular formula is C14H15ClN2O3. The number of para-hydroxylation sites is 1. The maximum atomic E-state index is 12.2. The largest absolute Gasteiger partial charge is 0.481 e. The summed E-state index contributed by atoms with van der Waals surface area (Å²) in [6.07, 6.45) is 0. The van der Waals surface area contributed by atoms with Gasteiger partial charge >= 0.3 is 5.97 Å². The molecule has 1 atom stereocenters. The number of carboxylic acids is 1. The molecule has 1 aromatic heterocycles. The molecule has 2 rings (SSSR count). The van der Waals surface area contributed by atoms with Crippen molar-refractivity contribution in [2.24, 2.45) is 13.0 Å². The lowest BCUT2D eigenvalue weighted by molar-refractivity contribution is -0.140. The molecule has 1 heterocycles. The molecule has 20 heavy (non-hydrogen) atoms. The number of halogens is 1. The van der Waals surface area contributed by atoms with Gasteiger partial charge in [0.05, 0.1) is 10.9 Å². The van der Waals surface area contributed by atoms with Crippen LogP contribution in [0.25, 0.3) is 10.9 Å². The van der Waals surface area contributed by atoms with E-state index in [1.807, 2.05) is 24.3 Å². The van der Waals surface area contributed by atoms with E-state index < -0.39 is 11.9 Å². The summed E-state index contributed by atoms with van der Waals surface area (Å²) in [4.78, 5) is 22.9. The van der Waals surface area contributed by atoms with Gasteiger partial charge in [-0.3, -0.25) is 9.59 Å². The fourth-order valence-electron chi connectivity index (χ4n) is 2.02. The molecule has 0 spiro atoms. The van der Waals surface area contributed by atoms with Crippen molar-refractivity contribution in [1.82, 2.24) is 9.88 Å². The summed E-state index contributed by atoms with van der Waals surface area (Å²) in [7, 11) is 1.75. The molecule has 0 saturated carbocycles. The number of hydrogen-bond acceptors (Lipinski definition) is 2. The fraction of sp³-hybridized carbons (Fsp3) is 0.286. The Labute approximate surface area is 121 Å². The van der Waals surface area contributed by atoms with Gasteiger partial charge in [-0.1, -0.05) is 36.7 Å². The molecule has 1 amide bonds. The van der Waals surface area contributed by atoms with Crippen molar-refractivity contribution in [3.8, 4) is 0 Å². The SMILES string of the molecule is CC(CNC(=O)c1c(Cl)c2ccccc2n1C)C(=O)O. The Kier molecular flexibility index (Phi) is 3.99. The van der Waals surface area contributed by atoms with E-state index in [0.29, 0.717) is 10.7 Å². The van der Waals surface area contributed by atoms with Gasteiger partial charge in [0.1, 0.15) is 5.69 Å². The number of aliphatic carboxylic acids is 1. The standard InChI is InChI=1S/C14H15ClN2O3/c1-8(14(19)20)7-16-13(18)12-11(15)9-5-3-4-6-10(9)17(12)2/h3-6,8H,7H2,1-2H3,(H,16,18)(H,19,20). The summed E-state index contributed by atoms with van der Waals surface area (Å²) in [5.41, 5.74) is 1.19. The van der Waals surface area contributed by atoms with Crippen LogP contribution in [0.5, 0.6) is 0 Å². The predicted octanol–water partition coefficient (Wildman–Crippen LogP) is 2.28. The Morgan fingerprint density at radius 1 is 1.40 bits per heavy atom. The lowest BCUT2D eigenvalue weighted by Crippen LogP contribution is -2.32. The molecule has 5 nitrogen and oxygen atoms in total. The number of aryl methyl sites for hydroxylation is 1. The first kappa shape index (κ1) is 14.4. The van der Waals surface area contributed by atoms with Gasteiger partial charge in [-0.05, 0) is 6.07 Å². The summed E-state index contributed by atoms with van der Waals surface area (Å²) in [5.74, 6) is -1.97. The van der Waals surface area contributed by atoms with E-state index >= 15 is 0 Å². The van der Waals surface area contributed by atoms with Crippen LogP contribution >= 0.6 is 11.6 Å². The number of aromatic nitrogens is 1. The topological polar surface area (TPSA) is 71.3 Å². The lowest BCUT2D eigenvalue weighted by atomic mass is 10.2. The van der Waals surface area contributed by atoms with Gasteiger partial charge in [-0.25, -0.2) is 0 Å². The number of hydrogen-bond donors (Lipinski definition) is 2. The fourth-order valence-corrected chi connectivity index (χ4v) is 2.39. The van der Waals surface area contributed by atoms with E-state index in [2.05, 4.69) is 5.32 Å². The van der Waals surface area contributed by atoms with Crippen molar-refractivity contribution in [3.05, 3.63) is 35.0 Å².